The van der Waals surface area contributed by atoms with Gasteiger partial charge in [0, 0.05) is 11.6 Å². The number of ketones is 1. The summed E-state index contributed by atoms with van der Waals surface area (Å²) in [5.41, 5.74) is 6.37. The number of ether oxygens (including phenoxy) is 1. The van der Waals surface area contributed by atoms with E-state index in [1.807, 2.05) is 13.8 Å². The normalized spacial score (nSPS) is 10.6. The number of methoxy groups -OCH3 is 1. The van der Waals surface area contributed by atoms with Crippen LogP contribution in [0.5, 0.6) is 5.75 Å². The Hall–Kier alpha value is -2.08. The highest BCUT2D eigenvalue weighted by molar-refractivity contribution is 7.18. The van der Waals surface area contributed by atoms with Crippen molar-refractivity contribution in [3.8, 4) is 5.75 Å². The molecule has 2 rings (SSSR count). The van der Waals surface area contributed by atoms with Crippen molar-refractivity contribution in [2.24, 2.45) is 0 Å². The minimum atomic E-state index is -0.143. The first kappa shape index (κ1) is 14.3. The number of nitrogens with one attached hydrogen (secondary N) is 1. The van der Waals surface area contributed by atoms with Crippen LogP contribution < -0.4 is 15.8 Å². The lowest BCUT2D eigenvalue weighted by molar-refractivity contribution is 0.104. The van der Waals surface area contributed by atoms with Crippen LogP contribution in [0.1, 0.15) is 29.1 Å². The van der Waals surface area contributed by atoms with E-state index in [1.165, 1.54) is 11.3 Å². The lowest BCUT2D eigenvalue weighted by Crippen LogP contribution is -2.09. The van der Waals surface area contributed by atoms with Crippen molar-refractivity contribution in [2.75, 3.05) is 18.2 Å². The van der Waals surface area contributed by atoms with Gasteiger partial charge in [-0.2, -0.15) is 0 Å². The van der Waals surface area contributed by atoms with E-state index in [-0.39, 0.29) is 17.6 Å². The van der Waals surface area contributed by atoms with Crippen LogP contribution in [-0.2, 0) is 0 Å². The molecule has 20 heavy (non-hydrogen) atoms. The molecule has 0 fully saturated rings. The van der Waals surface area contributed by atoms with Crippen LogP contribution in [0.2, 0.25) is 0 Å². The van der Waals surface area contributed by atoms with E-state index in [4.69, 9.17) is 10.5 Å². The Bertz CT molecular complexity index is 623. The summed E-state index contributed by atoms with van der Waals surface area (Å²) in [7, 11) is 1.56. The molecule has 0 amide bonds. The Morgan fingerprint density at radius 3 is 2.85 bits per heavy atom. The van der Waals surface area contributed by atoms with Gasteiger partial charge in [-0.15, -0.1) is 0 Å². The summed E-state index contributed by atoms with van der Waals surface area (Å²) in [6, 6.07) is 7.23. The molecule has 0 bridgehead atoms. The maximum absolute atomic E-state index is 12.4. The molecular weight excluding hydrogens is 274 g/mol. The van der Waals surface area contributed by atoms with Crippen LogP contribution in [0.15, 0.2) is 24.3 Å². The first-order chi connectivity index (χ1) is 9.51. The summed E-state index contributed by atoms with van der Waals surface area (Å²) >= 11 is 1.27. The van der Waals surface area contributed by atoms with Gasteiger partial charge < -0.3 is 15.8 Å². The smallest absolute Gasteiger partial charge is 0.206 e. The molecule has 3 N–H and O–H groups in total. The molecule has 0 aliphatic heterocycles. The highest BCUT2D eigenvalue weighted by Crippen LogP contribution is 2.28. The SMILES string of the molecule is COc1cccc(C(=O)c2sc(NC(C)C)nc2N)c1. The van der Waals surface area contributed by atoms with Gasteiger partial charge in [-0.05, 0) is 26.0 Å². The summed E-state index contributed by atoms with van der Waals surface area (Å²) in [5.74, 6) is 0.751. The van der Waals surface area contributed by atoms with Crippen molar-refractivity contribution in [3.63, 3.8) is 0 Å². The Morgan fingerprint density at radius 2 is 2.20 bits per heavy atom. The molecule has 0 radical (unpaired) electrons. The quantitative estimate of drug-likeness (QED) is 0.828. The first-order valence-electron chi connectivity index (χ1n) is 6.23. The molecule has 1 aromatic carbocycles. The number of thiazole rings is 1. The van der Waals surface area contributed by atoms with Crippen LogP contribution in [0, 0.1) is 0 Å². The summed E-state index contributed by atoms with van der Waals surface area (Å²) in [6.07, 6.45) is 0. The van der Waals surface area contributed by atoms with Crippen molar-refractivity contribution in [1.82, 2.24) is 4.98 Å². The average Bonchev–Trinajstić information content (AvgIpc) is 2.77. The van der Waals surface area contributed by atoms with Crippen LogP contribution in [0.4, 0.5) is 10.9 Å². The van der Waals surface area contributed by atoms with E-state index in [2.05, 4.69) is 10.3 Å². The number of nitrogens with zero attached hydrogens (tertiary/aromatic N) is 1. The van der Waals surface area contributed by atoms with Crippen molar-refractivity contribution in [2.45, 2.75) is 19.9 Å². The van der Waals surface area contributed by atoms with E-state index < -0.39 is 0 Å². The fourth-order valence-electron chi connectivity index (χ4n) is 1.70. The molecule has 0 atom stereocenters. The van der Waals surface area contributed by atoms with Crippen molar-refractivity contribution in [3.05, 3.63) is 34.7 Å². The van der Waals surface area contributed by atoms with E-state index in [0.717, 1.165) is 0 Å². The Balaban J connectivity index is 2.30. The number of anilines is 2. The summed E-state index contributed by atoms with van der Waals surface area (Å²) in [5, 5.41) is 3.80. The van der Waals surface area contributed by atoms with Crippen LogP contribution in [0.3, 0.4) is 0 Å². The van der Waals surface area contributed by atoms with Crippen LogP contribution in [-0.4, -0.2) is 23.9 Å². The molecule has 0 unspecified atom stereocenters. The second-order valence-electron chi connectivity index (χ2n) is 4.59. The fourth-order valence-corrected chi connectivity index (χ4v) is 2.69. The van der Waals surface area contributed by atoms with Crippen LogP contribution >= 0.6 is 11.3 Å². The zero-order valence-corrected chi connectivity index (χ0v) is 12.5. The molecule has 1 aromatic heterocycles. The third-order valence-electron chi connectivity index (χ3n) is 2.60. The molecule has 0 saturated carbocycles. The lowest BCUT2D eigenvalue weighted by Gasteiger charge is -2.04. The van der Waals surface area contributed by atoms with Crippen molar-refractivity contribution < 1.29 is 9.53 Å². The summed E-state index contributed by atoms with van der Waals surface area (Å²) in [4.78, 5) is 17.1. The minimum absolute atomic E-state index is 0.143. The molecule has 2 aromatic rings. The number of carbonyl (C=O) groups is 1. The first-order valence-corrected chi connectivity index (χ1v) is 7.04. The third-order valence-corrected chi connectivity index (χ3v) is 3.60. The minimum Gasteiger partial charge on any atom is -0.497 e. The summed E-state index contributed by atoms with van der Waals surface area (Å²) in [6.45, 7) is 4.00. The topological polar surface area (TPSA) is 77.2 Å². The molecule has 0 spiro atoms. The fraction of sp³-hybridized carbons (Fsp3) is 0.286. The molecule has 1 heterocycles. The molecule has 5 nitrogen and oxygen atoms in total. The van der Waals surface area contributed by atoms with E-state index in [9.17, 15) is 4.79 Å². The average molecular weight is 291 g/mol. The summed E-state index contributed by atoms with van der Waals surface area (Å²) < 4.78 is 5.12. The Kier molecular flexibility index (Phi) is 4.24. The molecule has 106 valence electrons. The van der Waals surface area contributed by atoms with Crippen molar-refractivity contribution in [1.29, 1.82) is 0 Å². The maximum atomic E-state index is 12.4. The number of aromatic nitrogens is 1. The van der Waals surface area contributed by atoms with Gasteiger partial charge in [0.05, 0.1) is 7.11 Å². The van der Waals surface area contributed by atoms with E-state index >= 15 is 0 Å². The zero-order chi connectivity index (χ0) is 14.7. The highest BCUT2D eigenvalue weighted by atomic mass is 32.1. The standard InChI is InChI=1S/C14H17N3O2S/c1-8(2)16-14-17-13(15)12(20-14)11(18)9-5-4-6-10(7-9)19-3/h4-8H,15H2,1-3H3,(H,16,17). The van der Waals surface area contributed by atoms with E-state index in [0.29, 0.717) is 21.3 Å². The molecule has 6 heteroatoms. The predicted octanol–water partition coefficient (Wildman–Crippen LogP) is 2.79. The Morgan fingerprint density at radius 1 is 1.45 bits per heavy atom. The second-order valence-corrected chi connectivity index (χ2v) is 5.59. The molecule has 0 aliphatic carbocycles. The zero-order valence-electron chi connectivity index (χ0n) is 11.6. The predicted molar refractivity (Wildman–Crippen MR) is 81.7 cm³/mol. The maximum Gasteiger partial charge on any atom is 0.206 e. The number of rotatable bonds is 5. The van der Waals surface area contributed by atoms with Gasteiger partial charge in [0.2, 0.25) is 5.78 Å². The number of hydrogen-bond donors (Lipinski definition) is 2. The van der Waals surface area contributed by atoms with Crippen molar-refractivity contribution >= 4 is 28.1 Å². The van der Waals surface area contributed by atoms with E-state index in [1.54, 1.807) is 31.4 Å². The molecule has 0 aliphatic rings. The highest BCUT2D eigenvalue weighted by Gasteiger charge is 2.18. The number of carbonyl (C=O) groups excluding carboxylic acids is 1. The third kappa shape index (κ3) is 3.08. The van der Waals surface area contributed by atoms with Crippen LogP contribution in [0.25, 0.3) is 0 Å². The monoisotopic (exact) mass is 291 g/mol. The van der Waals surface area contributed by atoms with Gasteiger partial charge in [-0.25, -0.2) is 4.98 Å². The lowest BCUT2D eigenvalue weighted by atomic mass is 10.1. The number of nitrogens with two attached hydrogens (primary N) is 1. The van der Waals surface area contributed by atoms with Gasteiger partial charge >= 0.3 is 0 Å². The van der Waals surface area contributed by atoms with Gasteiger partial charge in [-0.3, -0.25) is 4.79 Å². The van der Waals surface area contributed by atoms with Gasteiger partial charge in [0.15, 0.2) is 5.13 Å². The van der Waals surface area contributed by atoms with Gasteiger partial charge in [0.1, 0.15) is 16.4 Å². The molecular formula is C14H17N3O2S. The number of hydrogen-bond acceptors (Lipinski definition) is 6. The molecule has 0 saturated heterocycles. The van der Waals surface area contributed by atoms with Gasteiger partial charge in [0.25, 0.3) is 0 Å². The largest absolute Gasteiger partial charge is 0.497 e. The Labute approximate surface area is 121 Å². The number of benzene rings is 1. The number of nitrogen functional groups attached to an aromatic ring is 1. The van der Waals surface area contributed by atoms with Gasteiger partial charge in [-0.1, -0.05) is 23.5 Å². The second kappa shape index (κ2) is 5.92.